The molecule has 0 saturated carbocycles. The summed E-state index contributed by atoms with van der Waals surface area (Å²) in [7, 11) is 0. The molecule has 0 aliphatic heterocycles. The van der Waals surface area contributed by atoms with Gasteiger partial charge in [0, 0.05) is 11.3 Å². The van der Waals surface area contributed by atoms with E-state index in [9.17, 15) is 4.39 Å². The molecule has 1 nitrogen and oxygen atoms in total. The van der Waals surface area contributed by atoms with E-state index in [1.165, 1.54) is 12.1 Å². The molecule has 3 heteroatoms. The molecule has 0 bridgehead atoms. The molecule has 0 aliphatic carbocycles. The van der Waals surface area contributed by atoms with Crippen molar-refractivity contribution >= 4 is 11.8 Å². The minimum atomic E-state index is -0.211. The van der Waals surface area contributed by atoms with Gasteiger partial charge < -0.3 is 5.73 Å². The SMILES string of the molecule is CCSC(C)C(N)c1ccc(F)cc1. The monoisotopic (exact) mass is 213 g/mol. The number of hydrogen-bond donors (Lipinski definition) is 1. The molecule has 2 N–H and O–H groups in total. The predicted molar refractivity (Wildman–Crippen MR) is 60.9 cm³/mol. The second-order valence-corrected chi connectivity index (χ2v) is 4.89. The average molecular weight is 213 g/mol. The molecule has 2 atom stereocenters. The lowest BCUT2D eigenvalue weighted by Gasteiger charge is -2.19. The molecule has 0 spiro atoms. The van der Waals surface area contributed by atoms with E-state index >= 15 is 0 Å². The van der Waals surface area contributed by atoms with Crippen LogP contribution in [0.25, 0.3) is 0 Å². The first-order valence-electron chi connectivity index (χ1n) is 4.77. The highest BCUT2D eigenvalue weighted by atomic mass is 32.2. The molecule has 0 aromatic heterocycles. The Morgan fingerprint density at radius 1 is 1.36 bits per heavy atom. The molecule has 78 valence electrons. The summed E-state index contributed by atoms with van der Waals surface area (Å²) in [6.07, 6.45) is 0. The van der Waals surface area contributed by atoms with Crippen LogP contribution in [0.4, 0.5) is 4.39 Å². The summed E-state index contributed by atoms with van der Waals surface area (Å²) in [5.74, 6) is 0.840. The highest BCUT2D eigenvalue weighted by molar-refractivity contribution is 7.99. The van der Waals surface area contributed by atoms with Crippen LogP contribution in [0.5, 0.6) is 0 Å². The third-order valence-electron chi connectivity index (χ3n) is 2.19. The van der Waals surface area contributed by atoms with Crippen molar-refractivity contribution in [3.63, 3.8) is 0 Å². The average Bonchev–Trinajstić information content (AvgIpc) is 2.18. The molecule has 0 radical (unpaired) electrons. The summed E-state index contributed by atoms with van der Waals surface area (Å²) < 4.78 is 12.7. The molecule has 1 rings (SSSR count). The van der Waals surface area contributed by atoms with Gasteiger partial charge in [-0.3, -0.25) is 0 Å². The Morgan fingerprint density at radius 2 is 1.93 bits per heavy atom. The van der Waals surface area contributed by atoms with E-state index in [0.717, 1.165) is 11.3 Å². The molecule has 14 heavy (non-hydrogen) atoms. The van der Waals surface area contributed by atoms with E-state index in [1.54, 1.807) is 12.1 Å². The van der Waals surface area contributed by atoms with Gasteiger partial charge in [-0.25, -0.2) is 4.39 Å². The molecule has 0 aliphatic rings. The minimum Gasteiger partial charge on any atom is -0.323 e. The number of thioether (sulfide) groups is 1. The fraction of sp³-hybridized carbons (Fsp3) is 0.455. The highest BCUT2D eigenvalue weighted by Crippen LogP contribution is 2.23. The normalized spacial score (nSPS) is 15.1. The van der Waals surface area contributed by atoms with Gasteiger partial charge in [0.2, 0.25) is 0 Å². The summed E-state index contributed by atoms with van der Waals surface area (Å²) in [6.45, 7) is 4.21. The van der Waals surface area contributed by atoms with E-state index in [1.807, 2.05) is 11.8 Å². The minimum absolute atomic E-state index is 0.0134. The Labute approximate surface area is 88.9 Å². The fourth-order valence-electron chi connectivity index (χ4n) is 1.32. The highest BCUT2D eigenvalue weighted by Gasteiger charge is 2.14. The molecule has 0 saturated heterocycles. The first-order chi connectivity index (χ1) is 6.65. The summed E-state index contributed by atoms with van der Waals surface area (Å²) in [5, 5.41) is 0.366. The summed E-state index contributed by atoms with van der Waals surface area (Å²) in [4.78, 5) is 0. The van der Waals surface area contributed by atoms with Crippen LogP contribution in [0.15, 0.2) is 24.3 Å². The first-order valence-corrected chi connectivity index (χ1v) is 5.82. The number of nitrogens with two attached hydrogens (primary N) is 1. The van der Waals surface area contributed by atoms with Gasteiger partial charge in [-0.15, -0.1) is 0 Å². The zero-order valence-corrected chi connectivity index (χ0v) is 9.35. The second kappa shape index (κ2) is 5.37. The van der Waals surface area contributed by atoms with Crippen molar-refractivity contribution in [3.8, 4) is 0 Å². The number of benzene rings is 1. The van der Waals surface area contributed by atoms with Crippen LogP contribution < -0.4 is 5.73 Å². The summed E-state index contributed by atoms with van der Waals surface area (Å²) >= 11 is 1.82. The van der Waals surface area contributed by atoms with Crippen molar-refractivity contribution in [2.24, 2.45) is 5.73 Å². The van der Waals surface area contributed by atoms with Crippen LogP contribution >= 0.6 is 11.8 Å². The van der Waals surface area contributed by atoms with E-state index in [0.29, 0.717) is 5.25 Å². The summed E-state index contributed by atoms with van der Waals surface area (Å²) in [5.41, 5.74) is 7.03. The number of halogens is 1. The molecule has 0 amide bonds. The standard InChI is InChI=1S/C11H16FNS/c1-3-14-8(2)11(13)9-4-6-10(12)7-5-9/h4-8,11H,3,13H2,1-2H3. The predicted octanol–water partition coefficient (Wildman–Crippen LogP) is 2.97. The van der Waals surface area contributed by atoms with E-state index in [2.05, 4.69) is 13.8 Å². The zero-order valence-electron chi connectivity index (χ0n) is 8.53. The van der Waals surface area contributed by atoms with Gasteiger partial charge in [-0.05, 0) is 23.4 Å². The Kier molecular flexibility index (Phi) is 4.42. The fourth-order valence-corrected chi connectivity index (χ4v) is 2.21. The lowest BCUT2D eigenvalue weighted by molar-refractivity contribution is 0.624. The maximum atomic E-state index is 12.7. The largest absolute Gasteiger partial charge is 0.323 e. The number of rotatable bonds is 4. The van der Waals surface area contributed by atoms with Crippen molar-refractivity contribution in [2.75, 3.05) is 5.75 Å². The Morgan fingerprint density at radius 3 is 2.43 bits per heavy atom. The van der Waals surface area contributed by atoms with Crippen LogP contribution in [0.2, 0.25) is 0 Å². The van der Waals surface area contributed by atoms with Crippen LogP contribution in [0.3, 0.4) is 0 Å². The maximum Gasteiger partial charge on any atom is 0.123 e. The van der Waals surface area contributed by atoms with Crippen LogP contribution in [0.1, 0.15) is 25.5 Å². The van der Waals surface area contributed by atoms with E-state index < -0.39 is 0 Å². The lowest BCUT2D eigenvalue weighted by atomic mass is 10.1. The van der Waals surface area contributed by atoms with E-state index in [4.69, 9.17) is 5.73 Å². The van der Waals surface area contributed by atoms with Crippen LogP contribution in [-0.2, 0) is 0 Å². The number of hydrogen-bond acceptors (Lipinski definition) is 2. The van der Waals surface area contributed by atoms with Crippen molar-refractivity contribution < 1.29 is 4.39 Å². The van der Waals surface area contributed by atoms with Gasteiger partial charge >= 0.3 is 0 Å². The third-order valence-corrected chi connectivity index (χ3v) is 3.34. The lowest BCUT2D eigenvalue weighted by Crippen LogP contribution is -2.21. The zero-order chi connectivity index (χ0) is 10.6. The van der Waals surface area contributed by atoms with Gasteiger partial charge in [-0.2, -0.15) is 11.8 Å². The Bertz CT molecular complexity index is 273. The van der Waals surface area contributed by atoms with Crippen LogP contribution in [-0.4, -0.2) is 11.0 Å². The van der Waals surface area contributed by atoms with E-state index in [-0.39, 0.29) is 11.9 Å². The van der Waals surface area contributed by atoms with Crippen molar-refractivity contribution in [3.05, 3.63) is 35.6 Å². The van der Waals surface area contributed by atoms with Gasteiger partial charge in [0.15, 0.2) is 0 Å². The van der Waals surface area contributed by atoms with Crippen molar-refractivity contribution in [1.29, 1.82) is 0 Å². The van der Waals surface area contributed by atoms with Gasteiger partial charge in [0.05, 0.1) is 0 Å². The molecule has 0 fully saturated rings. The quantitative estimate of drug-likeness (QED) is 0.832. The topological polar surface area (TPSA) is 26.0 Å². The molecular formula is C11H16FNS. The molecule has 2 unspecified atom stereocenters. The first kappa shape index (κ1) is 11.5. The van der Waals surface area contributed by atoms with Gasteiger partial charge in [0.1, 0.15) is 5.82 Å². The van der Waals surface area contributed by atoms with Crippen LogP contribution in [0, 0.1) is 5.82 Å². The Hall–Kier alpha value is -0.540. The van der Waals surface area contributed by atoms with Crippen molar-refractivity contribution in [1.82, 2.24) is 0 Å². The van der Waals surface area contributed by atoms with Gasteiger partial charge in [-0.1, -0.05) is 26.0 Å². The molecule has 0 heterocycles. The van der Waals surface area contributed by atoms with Crippen molar-refractivity contribution in [2.45, 2.75) is 25.1 Å². The molecular weight excluding hydrogens is 197 g/mol. The molecule has 1 aromatic carbocycles. The third kappa shape index (κ3) is 3.00. The summed E-state index contributed by atoms with van der Waals surface area (Å²) in [6, 6.07) is 6.41. The van der Waals surface area contributed by atoms with Gasteiger partial charge in [0.25, 0.3) is 0 Å². The maximum absolute atomic E-state index is 12.7. The smallest absolute Gasteiger partial charge is 0.123 e. The Balaban J connectivity index is 2.68. The molecule has 1 aromatic rings. The second-order valence-electron chi connectivity index (χ2n) is 3.24.